The SMILES string of the molecule is CC(=O)[C@]1(OCOC2CC2)[C@H](C)C[C@H]2C3CCC4=CC(=O)C=C[C@]4(C)[C@@]3(F)[C@@H](O)C[C@@]21C. The molecule has 0 aromatic carbocycles. The summed E-state index contributed by atoms with van der Waals surface area (Å²) in [6.07, 6.45) is 7.60. The molecule has 0 amide bonds. The van der Waals surface area contributed by atoms with Gasteiger partial charge in [0.25, 0.3) is 0 Å². The first-order valence-corrected chi connectivity index (χ1v) is 12.1. The second kappa shape index (κ2) is 7.07. The van der Waals surface area contributed by atoms with Gasteiger partial charge in [-0.05, 0) is 76.4 Å². The molecular formula is C26H35FO5. The second-order valence-corrected chi connectivity index (χ2v) is 11.3. The van der Waals surface area contributed by atoms with Crippen molar-refractivity contribution in [3.05, 3.63) is 23.8 Å². The van der Waals surface area contributed by atoms with Crippen molar-refractivity contribution >= 4 is 11.6 Å². The predicted molar refractivity (Wildman–Crippen MR) is 116 cm³/mol. The van der Waals surface area contributed by atoms with Gasteiger partial charge in [0.2, 0.25) is 0 Å². The molecule has 0 heterocycles. The minimum atomic E-state index is -1.89. The van der Waals surface area contributed by atoms with Crippen LogP contribution in [0.4, 0.5) is 4.39 Å². The summed E-state index contributed by atoms with van der Waals surface area (Å²) in [7, 11) is 0. The zero-order valence-corrected chi connectivity index (χ0v) is 19.5. The number of ketones is 2. The van der Waals surface area contributed by atoms with Crippen LogP contribution in [0.15, 0.2) is 23.8 Å². The number of ether oxygens (including phenoxy) is 2. The highest BCUT2D eigenvalue weighted by Gasteiger charge is 2.76. The minimum Gasteiger partial charge on any atom is -0.390 e. The summed E-state index contributed by atoms with van der Waals surface area (Å²) in [5.74, 6) is -0.837. The highest BCUT2D eigenvalue weighted by atomic mass is 19.1. The highest BCUT2D eigenvalue weighted by Crippen LogP contribution is 2.71. The molecule has 176 valence electrons. The number of allylic oxidation sites excluding steroid dienone is 4. The number of aliphatic hydroxyl groups is 1. The van der Waals surface area contributed by atoms with Gasteiger partial charge < -0.3 is 14.6 Å². The van der Waals surface area contributed by atoms with Gasteiger partial charge in [-0.1, -0.05) is 25.5 Å². The maximum absolute atomic E-state index is 17.2. The van der Waals surface area contributed by atoms with E-state index < -0.39 is 34.1 Å². The maximum atomic E-state index is 17.2. The summed E-state index contributed by atoms with van der Waals surface area (Å²) in [6, 6.07) is 0. The lowest BCUT2D eigenvalue weighted by atomic mass is 9.44. The van der Waals surface area contributed by atoms with Crippen molar-refractivity contribution in [3.8, 4) is 0 Å². The van der Waals surface area contributed by atoms with Gasteiger partial charge >= 0.3 is 0 Å². The van der Waals surface area contributed by atoms with E-state index in [0.29, 0.717) is 19.3 Å². The van der Waals surface area contributed by atoms with Crippen LogP contribution in [-0.4, -0.2) is 46.9 Å². The Morgan fingerprint density at radius 2 is 1.97 bits per heavy atom. The largest absolute Gasteiger partial charge is 0.390 e. The van der Waals surface area contributed by atoms with Crippen LogP contribution in [0, 0.1) is 28.6 Å². The zero-order valence-electron chi connectivity index (χ0n) is 19.5. The fourth-order valence-corrected chi connectivity index (χ4v) is 8.15. The number of rotatable bonds is 5. The fourth-order valence-electron chi connectivity index (χ4n) is 8.15. The van der Waals surface area contributed by atoms with E-state index >= 15 is 4.39 Å². The zero-order chi connectivity index (χ0) is 23.1. The van der Waals surface area contributed by atoms with Crippen LogP contribution >= 0.6 is 0 Å². The van der Waals surface area contributed by atoms with Gasteiger partial charge in [-0.15, -0.1) is 0 Å². The standard InChI is InChI=1S/C26H35FO5/c1-15-11-21-20-8-5-17-12-18(29)9-10-23(17,3)25(20,27)22(30)13-24(21,4)26(15,16(2)28)32-14-31-19-6-7-19/h9-10,12,15,19-22,30H,5-8,11,13-14H2,1-4H3/t15-,20?,21+,22+,23+,24+,25+,26-/m1/s1. The third kappa shape index (κ3) is 2.66. The Morgan fingerprint density at radius 1 is 1.25 bits per heavy atom. The molecule has 1 N–H and O–H groups in total. The molecule has 5 aliphatic rings. The van der Waals surface area contributed by atoms with Crippen LogP contribution in [0.2, 0.25) is 0 Å². The van der Waals surface area contributed by atoms with E-state index in [1.165, 1.54) is 6.08 Å². The third-order valence-corrected chi connectivity index (χ3v) is 9.82. The lowest BCUT2D eigenvalue weighted by molar-refractivity contribution is -0.244. The Labute approximate surface area is 189 Å². The first-order valence-electron chi connectivity index (χ1n) is 12.1. The van der Waals surface area contributed by atoms with Gasteiger partial charge in [-0.3, -0.25) is 9.59 Å². The van der Waals surface area contributed by atoms with Crippen molar-refractivity contribution in [2.75, 3.05) is 6.79 Å². The molecule has 8 atom stereocenters. The molecule has 0 bridgehead atoms. The monoisotopic (exact) mass is 446 g/mol. The lowest BCUT2D eigenvalue weighted by Crippen LogP contribution is -2.69. The first-order chi connectivity index (χ1) is 15.0. The van der Waals surface area contributed by atoms with Crippen LogP contribution in [0.1, 0.15) is 66.2 Å². The molecule has 0 saturated heterocycles. The van der Waals surface area contributed by atoms with Gasteiger partial charge in [0.05, 0.1) is 12.2 Å². The average molecular weight is 447 g/mol. The Kier molecular flexibility index (Phi) is 4.95. The number of Topliss-reactive ketones (excluding diaryl/α,β-unsaturated/α-hetero) is 1. The van der Waals surface area contributed by atoms with E-state index in [-0.39, 0.29) is 42.7 Å². The van der Waals surface area contributed by atoms with Crippen molar-refractivity contribution in [1.29, 1.82) is 0 Å². The number of hydrogen-bond acceptors (Lipinski definition) is 5. The lowest BCUT2D eigenvalue weighted by Gasteiger charge is -2.63. The number of carbonyl (C=O) groups excluding carboxylic acids is 2. The molecule has 1 unspecified atom stereocenters. The van der Waals surface area contributed by atoms with Crippen LogP contribution in [0.3, 0.4) is 0 Å². The number of fused-ring (bicyclic) bond motifs is 5. The number of alkyl halides is 1. The van der Waals surface area contributed by atoms with Gasteiger partial charge in [0.1, 0.15) is 12.4 Å². The molecular weight excluding hydrogens is 411 g/mol. The van der Waals surface area contributed by atoms with Gasteiger partial charge in [-0.2, -0.15) is 0 Å². The predicted octanol–water partition coefficient (Wildman–Crippen LogP) is 4.08. The Hall–Kier alpha value is -1.37. The van der Waals surface area contributed by atoms with Crippen molar-refractivity contribution in [1.82, 2.24) is 0 Å². The quantitative estimate of drug-likeness (QED) is 0.644. The van der Waals surface area contributed by atoms with E-state index in [1.54, 1.807) is 19.1 Å². The normalized spacial score (nSPS) is 49.8. The smallest absolute Gasteiger partial charge is 0.178 e. The van der Waals surface area contributed by atoms with Crippen molar-refractivity contribution in [2.24, 2.45) is 28.6 Å². The fraction of sp³-hybridized carbons (Fsp3) is 0.769. The maximum Gasteiger partial charge on any atom is 0.178 e. The van der Waals surface area contributed by atoms with E-state index in [1.807, 2.05) is 20.8 Å². The Balaban J connectivity index is 1.55. The van der Waals surface area contributed by atoms with Crippen LogP contribution in [-0.2, 0) is 19.1 Å². The average Bonchev–Trinajstić information content (AvgIpc) is 3.51. The molecule has 32 heavy (non-hydrogen) atoms. The van der Waals surface area contributed by atoms with Gasteiger partial charge in [-0.25, -0.2) is 4.39 Å². The second-order valence-electron chi connectivity index (χ2n) is 11.3. The third-order valence-electron chi connectivity index (χ3n) is 9.82. The van der Waals surface area contributed by atoms with Gasteiger partial charge in [0.15, 0.2) is 17.2 Å². The number of aliphatic hydroxyl groups excluding tert-OH is 1. The molecule has 0 radical (unpaired) electrons. The van der Waals surface area contributed by atoms with Crippen LogP contribution < -0.4 is 0 Å². The Bertz CT molecular complexity index is 908. The molecule has 5 nitrogen and oxygen atoms in total. The van der Waals surface area contributed by atoms with Crippen molar-refractivity contribution in [2.45, 2.75) is 89.7 Å². The highest BCUT2D eigenvalue weighted by molar-refractivity contribution is 6.01. The first kappa shape index (κ1) is 22.4. The van der Waals surface area contributed by atoms with E-state index in [2.05, 4.69) is 0 Å². The summed E-state index contributed by atoms with van der Waals surface area (Å²) in [4.78, 5) is 25.2. The Morgan fingerprint density at radius 3 is 2.62 bits per heavy atom. The summed E-state index contributed by atoms with van der Waals surface area (Å²) >= 11 is 0. The summed E-state index contributed by atoms with van der Waals surface area (Å²) in [6.45, 7) is 7.45. The topological polar surface area (TPSA) is 72.8 Å². The van der Waals surface area contributed by atoms with E-state index in [4.69, 9.17) is 9.47 Å². The molecule has 0 aromatic heterocycles. The number of carbonyl (C=O) groups is 2. The minimum absolute atomic E-state index is 0.0495. The number of halogens is 1. The van der Waals surface area contributed by atoms with Gasteiger partial charge in [0, 0.05) is 16.7 Å². The molecule has 0 aliphatic heterocycles. The van der Waals surface area contributed by atoms with Crippen LogP contribution in [0.25, 0.3) is 0 Å². The molecule has 0 spiro atoms. The molecule has 4 fully saturated rings. The molecule has 5 aliphatic carbocycles. The summed E-state index contributed by atoms with van der Waals surface area (Å²) < 4.78 is 29.3. The summed E-state index contributed by atoms with van der Waals surface area (Å²) in [5, 5.41) is 11.5. The van der Waals surface area contributed by atoms with Crippen molar-refractivity contribution in [3.63, 3.8) is 0 Å². The van der Waals surface area contributed by atoms with Crippen LogP contribution in [0.5, 0.6) is 0 Å². The van der Waals surface area contributed by atoms with E-state index in [0.717, 1.165) is 18.4 Å². The molecule has 4 saturated carbocycles. The number of hydrogen-bond donors (Lipinski definition) is 1. The summed E-state index contributed by atoms with van der Waals surface area (Å²) in [5.41, 5.74) is -3.95. The van der Waals surface area contributed by atoms with E-state index in [9.17, 15) is 14.7 Å². The molecule has 5 rings (SSSR count). The molecule has 0 aromatic rings. The van der Waals surface area contributed by atoms with Crippen molar-refractivity contribution < 1.29 is 28.6 Å². The molecule has 6 heteroatoms.